The maximum absolute atomic E-state index is 11.4. The largest absolute Gasteiger partial charge is 0.326 e. The number of aryl methyl sites for hydroxylation is 1. The van der Waals surface area contributed by atoms with Gasteiger partial charge in [0.2, 0.25) is 0 Å². The molecular weight excluding hydrogens is 244 g/mol. The second kappa shape index (κ2) is 5.95. The lowest BCUT2D eigenvalue weighted by Crippen LogP contribution is -2.46. The molecule has 0 saturated carbocycles. The minimum absolute atomic E-state index is 0.0818. The number of nitrogens with two attached hydrogens (primary N) is 1. The van der Waals surface area contributed by atoms with Crippen LogP contribution in [0.4, 0.5) is 0 Å². The van der Waals surface area contributed by atoms with Gasteiger partial charge >= 0.3 is 0 Å². The summed E-state index contributed by atoms with van der Waals surface area (Å²) >= 11 is 0. The summed E-state index contributed by atoms with van der Waals surface area (Å²) in [6.45, 7) is 5.92. The fourth-order valence-electron chi connectivity index (χ4n) is 2.63. The molecule has 0 aromatic heterocycles. The SMILES string of the molecule is Cc1cccc(C(C(C)N)N2CCS(=O)CC2)c1. The Kier molecular flexibility index (Phi) is 4.54. The van der Waals surface area contributed by atoms with Gasteiger partial charge in [0.25, 0.3) is 0 Å². The Morgan fingerprint density at radius 3 is 2.56 bits per heavy atom. The van der Waals surface area contributed by atoms with Gasteiger partial charge in [0.05, 0.1) is 0 Å². The van der Waals surface area contributed by atoms with Crippen molar-refractivity contribution in [3.63, 3.8) is 0 Å². The van der Waals surface area contributed by atoms with E-state index in [1.54, 1.807) is 0 Å². The Labute approximate surface area is 112 Å². The van der Waals surface area contributed by atoms with E-state index in [0.717, 1.165) is 24.6 Å². The van der Waals surface area contributed by atoms with Gasteiger partial charge in [0, 0.05) is 47.5 Å². The maximum Gasteiger partial charge on any atom is 0.0497 e. The van der Waals surface area contributed by atoms with Gasteiger partial charge in [-0.25, -0.2) is 0 Å². The van der Waals surface area contributed by atoms with Gasteiger partial charge in [-0.3, -0.25) is 9.11 Å². The lowest BCUT2D eigenvalue weighted by atomic mass is 9.97. The normalized spacial score (nSPS) is 21.7. The Hall–Kier alpha value is -0.710. The zero-order valence-electron chi connectivity index (χ0n) is 11.1. The Balaban J connectivity index is 2.20. The summed E-state index contributed by atoms with van der Waals surface area (Å²) in [7, 11) is -0.634. The second-order valence-electron chi connectivity index (χ2n) is 5.10. The minimum atomic E-state index is -0.634. The monoisotopic (exact) mass is 266 g/mol. The zero-order chi connectivity index (χ0) is 13.1. The van der Waals surface area contributed by atoms with Gasteiger partial charge in [0.15, 0.2) is 0 Å². The standard InChI is InChI=1S/C14H22N2OS/c1-11-4-3-5-13(10-11)14(12(2)15)16-6-8-18(17)9-7-16/h3-5,10,12,14H,6-9,15H2,1-2H3. The third-order valence-corrected chi connectivity index (χ3v) is 4.76. The summed E-state index contributed by atoms with van der Waals surface area (Å²) in [4.78, 5) is 2.38. The van der Waals surface area contributed by atoms with E-state index in [0.29, 0.717) is 0 Å². The summed E-state index contributed by atoms with van der Waals surface area (Å²) < 4.78 is 11.4. The highest BCUT2D eigenvalue weighted by Crippen LogP contribution is 2.25. The van der Waals surface area contributed by atoms with E-state index in [1.165, 1.54) is 11.1 Å². The summed E-state index contributed by atoms with van der Waals surface area (Å²) in [5.74, 6) is 1.55. The molecular formula is C14H22N2OS. The first-order valence-electron chi connectivity index (χ1n) is 6.49. The van der Waals surface area contributed by atoms with Gasteiger partial charge in [0.1, 0.15) is 0 Å². The average Bonchev–Trinajstić information content (AvgIpc) is 2.32. The lowest BCUT2D eigenvalue weighted by Gasteiger charge is -2.36. The van der Waals surface area contributed by atoms with Crippen molar-refractivity contribution in [1.29, 1.82) is 0 Å². The molecule has 1 saturated heterocycles. The van der Waals surface area contributed by atoms with Crippen molar-refractivity contribution >= 4 is 10.8 Å². The van der Waals surface area contributed by atoms with Gasteiger partial charge < -0.3 is 5.73 Å². The van der Waals surface area contributed by atoms with Crippen molar-refractivity contribution in [3.8, 4) is 0 Å². The van der Waals surface area contributed by atoms with Crippen molar-refractivity contribution in [2.75, 3.05) is 24.6 Å². The number of rotatable bonds is 3. The van der Waals surface area contributed by atoms with Crippen LogP contribution in [-0.4, -0.2) is 39.7 Å². The van der Waals surface area contributed by atoms with Crippen LogP contribution in [0, 0.1) is 6.92 Å². The molecule has 4 heteroatoms. The molecule has 1 aromatic carbocycles. The fourth-order valence-corrected chi connectivity index (χ4v) is 3.71. The highest BCUT2D eigenvalue weighted by Gasteiger charge is 2.27. The van der Waals surface area contributed by atoms with Crippen molar-refractivity contribution in [1.82, 2.24) is 4.90 Å². The third kappa shape index (κ3) is 3.19. The molecule has 1 aromatic rings. The number of hydrogen-bond donors (Lipinski definition) is 1. The van der Waals surface area contributed by atoms with E-state index in [4.69, 9.17) is 5.73 Å². The quantitative estimate of drug-likeness (QED) is 0.900. The van der Waals surface area contributed by atoms with Crippen molar-refractivity contribution < 1.29 is 4.21 Å². The first kappa shape index (κ1) is 13.7. The molecule has 0 radical (unpaired) electrons. The molecule has 2 atom stereocenters. The topological polar surface area (TPSA) is 46.3 Å². The predicted octanol–water partition coefficient (Wildman–Crippen LogP) is 1.45. The van der Waals surface area contributed by atoms with Crippen LogP contribution < -0.4 is 5.73 Å². The van der Waals surface area contributed by atoms with Crippen molar-refractivity contribution in [2.24, 2.45) is 5.73 Å². The molecule has 0 bridgehead atoms. The summed E-state index contributed by atoms with van der Waals surface area (Å²) in [6.07, 6.45) is 0. The lowest BCUT2D eigenvalue weighted by molar-refractivity contribution is 0.193. The van der Waals surface area contributed by atoms with E-state index in [-0.39, 0.29) is 12.1 Å². The molecule has 0 amide bonds. The van der Waals surface area contributed by atoms with E-state index in [1.807, 2.05) is 0 Å². The molecule has 18 heavy (non-hydrogen) atoms. The smallest absolute Gasteiger partial charge is 0.0497 e. The summed E-state index contributed by atoms with van der Waals surface area (Å²) in [5.41, 5.74) is 8.71. The van der Waals surface area contributed by atoms with E-state index < -0.39 is 10.8 Å². The van der Waals surface area contributed by atoms with Crippen molar-refractivity contribution in [3.05, 3.63) is 35.4 Å². The molecule has 1 aliphatic heterocycles. The van der Waals surface area contributed by atoms with Crippen LogP contribution in [0.1, 0.15) is 24.1 Å². The van der Waals surface area contributed by atoms with Crippen LogP contribution in [0.2, 0.25) is 0 Å². The molecule has 1 heterocycles. The third-order valence-electron chi connectivity index (χ3n) is 3.49. The van der Waals surface area contributed by atoms with Crippen LogP contribution >= 0.6 is 0 Å². The predicted molar refractivity (Wildman–Crippen MR) is 77.0 cm³/mol. The van der Waals surface area contributed by atoms with Crippen molar-refractivity contribution in [2.45, 2.75) is 25.9 Å². The molecule has 100 valence electrons. The van der Waals surface area contributed by atoms with Crippen LogP contribution in [0.15, 0.2) is 24.3 Å². The zero-order valence-corrected chi connectivity index (χ0v) is 12.0. The Bertz CT molecular complexity index is 424. The first-order valence-corrected chi connectivity index (χ1v) is 7.98. The molecule has 1 fully saturated rings. The Morgan fingerprint density at radius 1 is 1.33 bits per heavy atom. The van der Waals surface area contributed by atoms with Gasteiger partial charge in [-0.2, -0.15) is 0 Å². The molecule has 2 unspecified atom stereocenters. The molecule has 1 aliphatic rings. The van der Waals surface area contributed by atoms with E-state index >= 15 is 0 Å². The fraction of sp³-hybridized carbons (Fsp3) is 0.571. The van der Waals surface area contributed by atoms with Gasteiger partial charge in [-0.15, -0.1) is 0 Å². The summed E-state index contributed by atoms with van der Waals surface area (Å²) in [6, 6.07) is 8.86. The highest BCUT2D eigenvalue weighted by molar-refractivity contribution is 7.85. The van der Waals surface area contributed by atoms with E-state index in [2.05, 4.69) is 43.0 Å². The Morgan fingerprint density at radius 2 is 2.00 bits per heavy atom. The first-order chi connectivity index (χ1) is 8.58. The second-order valence-corrected chi connectivity index (χ2v) is 6.80. The van der Waals surface area contributed by atoms with E-state index in [9.17, 15) is 4.21 Å². The minimum Gasteiger partial charge on any atom is -0.326 e. The molecule has 2 rings (SSSR count). The highest BCUT2D eigenvalue weighted by atomic mass is 32.2. The maximum atomic E-state index is 11.4. The average molecular weight is 266 g/mol. The number of nitrogens with zero attached hydrogens (tertiary/aromatic N) is 1. The van der Waals surface area contributed by atoms with Crippen LogP contribution in [0.5, 0.6) is 0 Å². The summed E-state index contributed by atoms with van der Waals surface area (Å²) in [5, 5.41) is 0. The number of hydrogen-bond acceptors (Lipinski definition) is 3. The van der Waals surface area contributed by atoms with Gasteiger partial charge in [-0.05, 0) is 19.4 Å². The molecule has 3 nitrogen and oxygen atoms in total. The van der Waals surface area contributed by atoms with Crippen LogP contribution in [-0.2, 0) is 10.8 Å². The molecule has 2 N–H and O–H groups in total. The van der Waals surface area contributed by atoms with Crippen LogP contribution in [0.25, 0.3) is 0 Å². The van der Waals surface area contributed by atoms with Gasteiger partial charge in [-0.1, -0.05) is 29.8 Å². The van der Waals surface area contributed by atoms with Crippen LogP contribution in [0.3, 0.4) is 0 Å². The molecule has 0 spiro atoms. The molecule has 0 aliphatic carbocycles. The number of benzene rings is 1.